The van der Waals surface area contributed by atoms with Crippen LogP contribution in [-0.2, 0) is 11.3 Å². The van der Waals surface area contributed by atoms with Crippen molar-refractivity contribution in [1.29, 1.82) is 0 Å². The van der Waals surface area contributed by atoms with E-state index in [2.05, 4.69) is 54.0 Å². The van der Waals surface area contributed by atoms with E-state index in [0.717, 1.165) is 35.6 Å². The summed E-state index contributed by atoms with van der Waals surface area (Å²) >= 11 is 0. The molecular formula is C18H20N2O. The number of aryl methyl sites for hydroxylation is 1. The Balaban J connectivity index is 2.07. The number of nitrogens with zero attached hydrogens (tertiary/aromatic N) is 2. The van der Waals surface area contributed by atoms with Gasteiger partial charge in [0.15, 0.2) is 0 Å². The van der Waals surface area contributed by atoms with Gasteiger partial charge in [0.25, 0.3) is 0 Å². The standard InChI is InChI=1S/C18H20N2O/c1-3-21-13-12-20-17-7-5-4-6-16(17)19-18(20)15-10-8-14(2)9-11-15/h4-11H,3,12-13H2,1-2H3. The van der Waals surface area contributed by atoms with Crippen molar-refractivity contribution in [3.63, 3.8) is 0 Å². The van der Waals surface area contributed by atoms with E-state index >= 15 is 0 Å². The van der Waals surface area contributed by atoms with E-state index in [0.29, 0.717) is 6.61 Å². The maximum absolute atomic E-state index is 5.52. The largest absolute Gasteiger partial charge is 0.380 e. The van der Waals surface area contributed by atoms with Crippen LogP contribution in [0.5, 0.6) is 0 Å². The molecule has 0 radical (unpaired) electrons. The number of imidazole rings is 1. The van der Waals surface area contributed by atoms with E-state index in [4.69, 9.17) is 9.72 Å². The molecule has 21 heavy (non-hydrogen) atoms. The summed E-state index contributed by atoms with van der Waals surface area (Å²) in [5, 5.41) is 0. The Kier molecular flexibility index (Phi) is 4.02. The lowest BCUT2D eigenvalue weighted by molar-refractivity contribution is 0.140. The number of aromatic nitrogens is 2. The third kappa shape index (κ3) is 2.83. The van der Waals surface area contributed by atoms with Crippen molar-refractivity contribution in [1.82, 2.24) is 9.55 Å². The molecule has 3 nitrogen and oxygen atoms in total. The minimum absolute atomic E-state index is 0.704. The van der Waals surface area contributed by atoms with E-state index in [-0.39, 0.29) is 0 Å². The molecule has 0 unspecified atom stereocenters. The smallest absolute Gasteiger partial charge is 0.141 e. The number of hydrogen-bond donors (Lipinski definition) is 0. The lowest BCUT2D eigenvalue weighted by Gasteiger charge is -2.09. The second kappa shape index (κ2) is 6.10. The number of rotatable bonds is 5. The van der Waals surface area contributed by atoms with Crippen LogP contribution in [0.3, 0.4) is 0 Å². The number of hydrogen-bond acceptors (Lipinski definition) is 2. The average molecular weight is 280 g/mol. The first kappa shape index (κ1) is 13.8. The molecule has 0 atom stereocenters. The van der Waals surface area contributed by atoms with Crippen molar-refractivity contribution in [2.75, 3.05) is 13.2 Å². The zero-order valence-electron chi connectivity index (χ0n) is 12.5. The molecule has 3 rings (SSSR count). The molecule has 3 aromatic rings. The van der Waals surface area contributed by atoms with Crippen LogP contribution in [0, 0.1) is 6.92 Å². The molecule has 0 N–H and O–H groups in total. The Hall–Kier alpha value is -2.13. The summed E-state index contributed by atoms with van der Waals surface area (Å²) in [4.78, 5) is 4.80. The molecule has 0 fully saturated rings. The van der Waals surface area contributed by atoms with Gasteiger partial charge in [0, 0.05) is 18.7 Å². The van der Waals surface area contributed by atoms with Crippen LogP contribution >= 0.6 is 0 Å². The number of fused-ring (bicyclic) bond motifs is 1. The van der Waals surface area contributed by atoms with Crippen LogP contribution in [0.4, 0.5) is 0 Å². The minimum atomic E-state index is 0.704. The Morgan fingerprint density at radius 2 is 1.81 bits per heavy atom. The Morgan fingerprint density at radius 1 is 1.05 bits per heavy atom. The predicted octanol–water partition coefficient (Wildman–Crippen LogP) is 4.05. The summed E-state index contributed by atoms with van der Waals surface area (Å²) in [7, 11) is 0. The Morgan fingerprint density at radius 3 is 2.57 bits per heavy atom. The molecule has 1 aromatic heterocycles. The predicted molar refractivity (Wildman–Crippen MR) is 86.4 cm³/mol. The van der Waals surface area contributed by atoms with Crippen molar-refractivity contribution in [3.05, 3.63) is 54.1 Å². The van der Waals surface area contributed by atoms with Gasteiger partial charge in [0.1, 0.15) is 5.82 Å². The van der Waals surface area contributed by atoms with Crippen LogP contribution in [0.2, 0.25) is 0 Å². The zero-order chi connectivity index (χ0) is 14.7. The number of para-hydroxylation sites is 2. The van der Waals surface area contributed by atoms with Gasteiger partial charge in [-0.2, -0.15) is 0 Å². The summed E-state index contributed by atoms with van der Waals surface area (Å²) in [5.41, 5.74) is 4.60. The van der Waals surface area contributed by atoms with Crippen LogP contribution in [-0.4, -0.2) is 22.8 Å². The summed E-state index contributed by atoms with van der Waals surface area (Å²) in [6.07, 6.45) is 0. The summed E-state index contributed by atoms with van der Waals surface area (Å²) < 4.78 is 7.76. The fourth-order valence-electron chi connectivity index (χ4n) is 2.53. The first-order valence-electron chi connectivity index (χ1n) is 7.39. The second-order valence-corrected chi connectivity index (χ2v) is 5.14. The first-order valence-corrected chi connectivity index (χ1v) is 7.39. The molecule has 2 aromatic carbocycles. The number of benzene rings is 2. The maximum atomic E-state index is 5.52. The molecule has 1 heterocycles. The molecule has 0 amide bonds. The van der Waals surface area contributed by atoms with Crippen LogP contribution in [0.25, 0.3) is 22.4 Å². The van der Waals surface area contributed by atoms with Gasteiger partial charge in [-0.25, -0.2) is 4.98 Å². The van der Waals surface area contributed by atoms with Crippen molar-refractivity contribution in [3.8, 4) is 11.4 Å². The van der Waals surface area contributed by atoms with E-state index in [1.165, 1.54) is 5.56 Å². The van der Waals surface area contributed by atoms with Crippen LogP contribution in [0.1, 0.15) is 12.5 Å². The normalized spacial score (nSPS) is 11.1. The van der Waals surface area contributed by atoms with Gasteiger partial charge in [-0.15, -0.1) is 0 Å². The molecule has 0 bridgehead atoms. The SMILES string of the molecule is CCOCCn1c(-c2ccc(C)cc2)nc2ccccc21. The van der Waals surface area contributed by atoms with Gasteiger partial charge in [-0.3, -0.25) is 0 Å². The molecule has 0 spiro atoms. The molecule has 0 saturated heterocycles. The summed E-state index contributed by atoms with van der Waals surface area (Å²) in [5.74, 6) is 1.01. The topological polar surface area (TPSA) is 27.1 Å². The Labute approximate surface area is 125 Å². The maximum Gasteiger partial charge on any atom is 0.141 e. The highest BCUT2D eigenvalue weighted by atomic mass is 16.5. The Bertz CT molecular complexity index is 729. The van der Waals surface area contributed by atoms with E-state index in [1.807, 2.05) is 13.0 Å². The molecule has 0 aliphatic rings. The lowest BCUT2D eigenvalue weighted by atomic mass is 10.1. The van der Waals surface area contributed by atoms with Crippen molar-refractivity contribution < 1.29 is 4.74 Å². The highest BCUT2D eigenvalue weighted by Gasteiger charge is 2.11. The fourth-order valence-corrected chi connectivity index (χ4v) is 2.53. The zero-order valence-corrected chi connectivity index (χ0v) is 12.5. The molecular weight excluding hydrogens is 260 g/mol. The first-order chi connectivity index (χ1) is 10.3. The lowest BCUT2D eigenvalue weighted by Crippen LogP contribution is -2.07. The monoisotopic (exact) mass is 280 g/mol. The van der Waals surface area contributed by atoms with E-state index < -0.39 is 0 Å². The van der Waals surface area contributed by atoms with Gasteiger partial charge in [-0.1, -0.05) is 42.0 Å². The average Bonchev–Trinajstić information content (AvgIpc) is 2.87. The van der Waals surface area contributed by atoms with Gasteiger partial charge < -0.3 is 9.30 Å². The van der Waals surface area contributed by atoms with Crippen LogP contribution in [0.15, 0.2) is 48.5 Å². The molecule has 0 saturated carbocycles. The van der Waals surface area contributed by atoms with Gasteiger partial charge in [-0.05, 0) is 26.0 Å². The third-order valence-corrected chi connectivity index (χ3v) is 3.63. The van der Waals surface area contributed by atoms with Crippen molar-refractivity contribution >= 4 is 11.0 Å². The molecule has 0 aliphatic carbocycles. The van der Waals surface area contributed by atoms with E-state index in [1.54, 1.807) is 0 Å². The van der Waals surface area contributed by atoms with Gasteiger partial charge in [0.05, 0.1) is 17.6 Å². The minimum Gasteiger partial charge on any atom is -0.380 e. The molecule has 3 heteroatoms. The van der Waals surface area contributed by atoms with Crippen LogP contribution < -0.4 is 0 Å². The summed E-state index contributed by atoms with van der Waals surface area (Å²) in [6.45, 7) is 6.38. The second-order valence-electron chi connectivity index (χ2n) is 5.14. The number of ether oxygens (including phenoxy) is 1. The van der Waals surface area contributed by atoms with Crippen molar-refractivity contribution in [2.24, 2.45) is 0 Å². The van der Waals surface area contributed by atoms with Gasteiger partial charge in [0.2, 0.25) is 0 Å². The molecule has 108 valence electrons. The fraction of sp³-hybridized carbons (Fsp3) is 0.278. The quantitative estimate of drug-likeness (QED) is 0.659. The summed E-state index contributed by atoms with van der Waals surface area (Å²) in [6, 6.07) is 16.8. The van der Waals surface area contributed by atoms with Crippen molar-refractivity contribution in [2.45, 2.75) is 20.4 Å². The van der Waals surface area contributed by atoms with Gasteiger partial charge >= 0.3 is 0 Å². The van der Waals surface area contributed by atoms with E-state index in [9.17, 15) is 0 Å². The highest BCUT2D eigenvalue weighted by molar-refractivity contribution is 5.80. The highest BCUT2D eigenvalue weighted by Crippen LogP contribution is 2.25. The third-order valence-electron chi connectivity index (χ3n) is 3.63. The molecule has 0 aliphatic heterocycles.